The number of aromatic nitrogens is 3. The third-order valence-electron chi connectivity index (χ3n) is 4.85. The lowest BCUT2D eigenvalue weighted by atomic mass is 10.0. The van der Waals surface area contributed by atoms with Crippen molar-refractivity contribution in [2.45, 2.75) is 32.2 Å². The van der Waals surface area contributed by atoms with E-state index in [4.69, 9.17) is 0 Å². The van der Waals surface area contributed by atoms with Crippen LogP contribution in [0.25, 0.3) is 11.0 Å². The Morgan fingerprint density at radius 2 is 2.28 bits per heavy atom. The quantitative estimate of drug-likeness (QED) is 0.797. The van der Waals surface area contributed by atoms with E-state index in [1.165, 1.54) is 6.07 Å². The van der Waals surface area contributed by atoms with Gasteiger partial charge in [-0.3, -0.25) is 9.89 Å². The third-order valence-corrected chi connectivity index (χ3v) is 4.85. The van der Waals surface area contributed by atoms with Crippen molar-refractivity contribution in [1.82, 2.24) is 20.1 Å². The van der Waals surface area contributed by atoms with Gasteiger partial charge in [-0.2, -0.15) is 5.10 Å². The Morgan fingerprint density at radius 1 is 1.40 bits per heavy atom. The van der Waals surface area contributed by atoms with Gasteiger partial charge in [0.2, 0.25) is 0 Å². The Labute approximate surface area is 144 Å². The Morgan fingerprint density at radius 3 is 3.12 bits per heavy atom. The van der Waals surface area contributed by atoms with E-state index in [9.17, 15) is 9.18 Å². The van der Waals surface area contributed by atoms with Gasteiger partial charge in [0.1, 0.15) is 5.82 Å². The van der Waals surface area contributed by atoms with Crippen molar-refractivity contribution in [1.29, 1.82) is 0 Å². The van der Waals surface area contributed by atoms with Crippen molar-refractivity contribution in [2.75, 3.05) is 6.54 Å². The summed E-state index contributed by atoms with van der Waals surface area (Å²) in [5, 5.41) is 7.85. The zero-order valence-electron chi connectivity index (χ0n) is 14.0. The molecule has 2 aromatic heterocycles. The molecule has 1 fully saturated rings. The number of halogens is 1. The van der Waals surface area contributed by atoms with Crippen molar-refractivity contribution < 1.29 is 9.18 Å². The van der Waals surface area contributed by atoms with Gasteiger partial charge >= 0.3 is 0 Å². The number of nitrogens with one attached hydrogen (secondary N) is 1. The van der Waals surface area contributed by atoms with Gasteiger partial charge in [0.15, 0.2) is 5.65 Å². The Kier molecular flexibility index (Phi) is 3.95. The molecule has 0 spiro atoms. The molecule has 1 saturated heterocycles. The second kappa shape index (κ2) is 6.27. The lowest BCUT2D eigenvalue weighted by Crippen LogP contribution is -2.36. The largest absolute Gasteiger partial charge is 0.335 e. The minimum absolute atomic E-state index is 0.0195. The fourth-order valence-electron chi connectivity index (χ4n) is 3.55. The highest BCUT2D eigenvalue weighted by Gasteiger charge is 2.30. The minimum Gasteiger partial charge on any atom is -0.335 e. The number of hydrogen-bond donors (Lipinski definition) is 1. The Hall–Kier alpha value is -2.76. The standard InChI is InChI=1S/C19H19FN4O/c1-12-17-10-14(11-21-18(17)23-22-12)19(25)24-7-3-6-16(24)9-13-4-2-5-15(20)8-13/h2,4-5,8,10-11,16H,3,6-7,9H2,1H3,(H,21,22,23). The van der Waals surface area contributed by atoms with Crippen molar-refractivity contribution in [3.05, 3.63) is 59.2 Å². The summed E-state index contributed by atoms with van der Waals surface area (Å²) in [6, 6.07) is 8.55. The third kappa shape index (κ3) is 2.99. The smallest absolute Gasteiger partial charge is 0.255 e. The molecule has 0 saturated carbocycles. The summed E-state index contributed by atoms with van der Waals surface area (Å²) >= 11 is 0. The van der Waals surface area contributed by atoms with Crippen molar-refractivity contribution in [3.8, 4) is 0 Å². The molecule has 1 atom stereocenters. The van der Waals surface area contributed by atoms with E-state index >= 15 is 0 Å². The molecule has 1 amide bonds. The lowest BCUT2D eigenvalue weighted by Gasteiger charge is -2.25. The number of aromatic amines is 1. The number of nitrogens with zero attached hydrogens (tertiary/aromatic N) is 3. The molecule has 3 heterocycles. The van der Waals surface area contributed by atoms with Crippen molar-refractivity contribution >= 4 is 16.9 Å². The predicted octanol–water partition coefficient (Wildman–Crippen LogP) is 3.25. The van der Waals surface area contributed by atoms with Gasteiger partial charge in [-0.25, -0.2) is 9.37 Å². The average Bonchev–Trinajstić information content (AvgIpc) is 3.21. The maximum Gasteiger partial charge on any atom is 0.255 e. The zero-order chi connectivity index (χ0) is 17.4. The van der Waals surface area contributed by atoms with Crippen LogP contribution in [-0.2, 0) is 6.42 Å². The topological polar surface area (TPSA) is 61.9 Å². The molecule has 1 aliphatic heterocycles. The van der Waals surface area contributed by atoms with Gasteiger partial charge in [0.25, 0.3) is 5.91 Å². The first-order chi connectivity index (χ1) is 12.1. The molecule has 0 aliphatic carbocycles. The summed E-state index contributed by atoms with van der Waals surface area (Å²) in [5.41, 5.74) is 3.01. The normalized spacial score (nSPS) is 17.4. The molecule has 3 aromatic rings. The number of carbonyl (C=O) groups is 1. The SMILES string of the molecule is Cc1[nH]nc2ncc(C(=O)N3CCCC3Cc3cccc(F)c3)cc12. The number of fused-ring (bicyclic) bond motifs is 1. The summed E-state index contributed by atoms with van der Waals surface area (Å²) in [7, 11) is 0. The molecular weight excluding hydrogens is 319 g/mol. The van der Waals surface area contributed by atoms with E-state index in [0.29, 0.717) is 17.6 Å². The molecular formula is C19H19FN4O. The van der Waals surface area contributed by atoms with Crippen LogP contribution in [0.3, 0.4) is 0 Å². The first kappa shape index (κ1) is 15.7. The van der Waals surface area contributed by atoms with E-state index in [1.807, 2.05) is 24.0 Å². The maximum absolute atomic E-state index is 13.4. The Bertz CT molecular complexity index is 936. The fraction of sp³-hybridized carbons (Fsp3) is 0.316. The zero-order valence-corrected chi connectivity index (χ0v) is 14.0. The van der Waals surface area contributed by atoms with Crippen LogP contribution >= 0.6 is 0 Å². The number of aryl methyl sites for hydroxylation is 1. The van der Waals surface area contributed by atoms with Gasteiger partial charge in [0, 0.05) is 29.9 Å². The predicted molar refractivity (Wildman–Crippen MR) is 92.8 cm³/mol. The molecule has 1 N–H and O–H groups in total. The van der Waals surface area contributed by atoms with Crippen LogP contribution in [-0.4, -0.2) is 38.6 Å². The number of pyridine rings is 1. The van der Waals surface area contributed by atoms with Gasteiger partial charge in [-0.15, -0.1) is 0 Å². The summed E-state index contributed by atoms with van der Waals surface area (Å²) in [6.07, 6.45) is 4.15. The molecule has 1 aromatic carbocycles. The van der Waals surface area contributed by atoms with Crippen molar-refractivity contribution in [2.24, 2.45) is 0 Å². The van der Waals surface area contributed by atoms with E-state index < -0.39 is 0 Å². The molecule has 25 heavy (non-hydrogen) atoms. The van der Waals surface area contributed by atoms with E-state index in [0.717, 1.165) is 36.0 Å². The fourth-order valence-corrected chi connectivity index (χ4v) is 3.55. The van der Waals surface area contributed by atoms with Crippen LogP contribution in [0.2, 0.25) is 0 Å². The number of carbonyl (C=O) groups excluding carboxylic acids is 1. The van der Waals surface area contributed by atoms with Crippen LogP contribution in [0.5, 0.6) is 0 Å². The first-order valence-electron chi connectivity index (χ1n) is 8.48. The highest BCUT2D eigenvalue weighted by atomic mass is 19.1. The molecule has 0 radical (unpaired) electrons. The number of likely N-dealkylation sites (tertiary alicyclic amines) is 1. The summed E-state index contributed by atoms with van der Waals surface area (Å²) in [6.45, 7) is 2.63. The molecule has 1 aliphatic rings. The molecule has 1 unspecified atom stereocenters. The molecule has 4 rings (SSSR count). The van der Waals surface area contributed by atoms with E-state index in [1.54, 1.807) is 18.3 Å². The highest BCUT2D eigenvalue weighted by molar-refractivity contribution is 5.97. The maximum atomic E-state index is 13.4. The second-order valence-electron chi connectivity index (χ2n) is 6.57. The lowest BCUT2D eigenvalue weighted by molar-refractivity contribution is 0.0736. The monoisotopic (exact) mass is 338 g/mol. The number of benzene rings is 1. The Balaban J connectivity index is 1.58. The molecule has 6 heteroatoms. The highest BCUT2D eigenvalue weighted by Crippen LogP contribution is 2.24. The number of rotatable bonds is 3. The summed E-state index contributed by atoms with van der Waals surface area (Å²) in [5.74, 6) is -0.257. The minimum atomic E-state index is -0.238. The second-order valence-corrected chi connectivity index (χ2v) is 6.57. The molecule has 5 nitrogen and oxygen atoms in total. The van der Waals surface area contributed by atoms with Crippen LogP contribution in [0.4, 0.5) is 4.39 Å². The van der Waals surface area contributed by atoms with Crippen LogP contribution in [0.1, 0.15) is 34.5 Å². The van der Waals surface area contributed by atoms with Crippen LogP contribution in [0.15, 0.2) is 36.5 Å². The number of H-pyrrole nitrogens is 1. The summed E-state index contributed by atoms with van der Waals surface area (Å²) < 4.78 is 13.4. The summed E-state index contributed by atoms with van der Waals surface area (Å²) in [4.78, 5) is 19.1. The van der Waals surface area contributed by atoms with Crippen LogP contribution < -0.4 is 0 Å². The number of hydrogen-bond acceptors (Lipinski definition) is 3. The number of amides is 1. The van der Waals surface area contributed by atoms with Crippen molar-refractivity contribution in [3.63, 3.8) is 0 Å². The van der Waals surface area contributed by atoms with Gasteiger partial charge in [-0.05, 0) is 49.9 Å². The van der Waals surface area contributed by atoms with Gasteiger partial charge < -0.3 is 4.90 Å². The van der Waals surface area contributed by atoms with Gasteiger partial charge in [0.05, 0.1) is 5.56 Å². The van der Waals surface area contributed by atoms with Crippen LogP contribution in [0, 0.1) is 12.7 Å². The molecule has 0 bridgehead atoms. The van der Waals surface area contributed by atoms with E-state index in [2.05, 4.69) is 15.2 Å². The van der Waals surface area contributed by atoms with Gasteiger partial charge in [-0.1, -0.05) is 12.1 Å². The van der Waals surface area contributed by atoms with E-state index in [-0.39, 0.29) is 17.8 Å². The molecule has 128 valence electrons. The first-order valence-corrected chi connectivity index (χ1v) is 8.48. The average molecular weight is 338 g/mol.